The number of carbonyl (C=O) groups is 3. The molecule has 0 heterocycles. The number of rotatable bonds is 39. The molecule has 0 N–H and O–H groups in total. The maximum absolute atomic E-state index is 12.7. The van der Waals surface area contributed by atoms with Crippen molar-refractivity contribution in [3.63, 3.8) is 0 Å². The van der Waals surface area contributed by atoms with E-state index in [2.05, 4.69) is 45.1 Å². The summed E-state index contributed by atoms with van der Waals surface area (Å²) in [5.41, 5.74) is 0. The Morgan fingerprint density at radius 3 is 1.24 bits per heavy atom. The first-order valence-corrected chi connectivity index (χ1v) is 22.3. The van der Waals surface area contributed by atoms with Crippen LogP contribution in [-0.2, 0) is 28.6 Å². The molecule has 6 heteroatoms. The molecule has 0 aromatic rings. The summed E-state index contributed by atoms with van der Waals surface area (Å²) in [7, 11) is 0. The number of carbonyl (C=O) groups excluding carboxylic acids is 3. The monoisotopic (exact) mass is 755 g/mol. The molecule has 0 fully saturated rings. The zero-order chi connectivity index (χ0) is 39.4. The van der Waals surface area contributed by atoms with E-state index in [0.717, 1.165) is 83.5 Å². The van der Waals surface area contributed by atoms with Gasteiger partial charge in [-0.3, -0.25) is 14.4 Å². The van der Waals surface area contributed by atoms with Gasteiger partial charge in [-0.2, -0.15) is 0 Å². The predicted octanol–water partition coefficient (Wildman–Crippen LogP) is 14.1. The van der Waals surface area contributed by atoms with Crippen LogP contribution in [0.5, 0.6) is 0 Å². The molecule has 310 valence electrons. The van der Waals surface area contributed by atoms with Crippen molar-refractivity contribution >= 4 is 17.9 Å². The van der Waals surface area contributed by atoms with Crippen molar-refractivity contribution in [2.24, 2.45) is 0 Å². The van der Waals surface area contributed by atoms with E-state index < -0.39 is 6.10 Å². The van der Waals surface area contributed by atoms with Crippen molar-refractivity contribution in [3.05, 3.63) is 60.8 Å². The van der Waals surface area contributed by atoms with Crippen LogP contribution in [0, 0.1) is 0 Å². The fourth-order valence-corrected chi connectivity index (χ4v) is 5.97. The Labute approximate surface area is 332 Å². The number of allylic oxidation sites excluding steroid dienone is 10. The topological polar surface area (TPSA) is 78.9 Å². The molecule has 0 bridgehead atoms. The van der Waals surface area contributed by atoms with Gasteiger partial charge in [0.05, 0.1) is 0 Å². The molecule has 1 atom stereocenters. The molecule has 0 saturated heterocycles. The van der Waals surface area contributed by atoms with Gasteiger partial charge in [-0.25, -0.2) is 0 Å². The van der Waals surface area contributed by atoms with Crippen LogP contribution >= 0.6 is 0 Å². The van der Waals surface area contributed by atoms with Crippen molar-refractivity contribution in [1.82, 2.24) is 0 Å². The lowest BCUT2D eigenvalue weighted by atomic mass is 10.1. The summed E-state index contributed by atoms with van der Waals surface area (Å²) in [4.78, 5) is 37.7. The quantitative estimate of drug-likeness (QED) is 0.0204. The molecule has 0 rings (SSSR count). The average molecular weight is 755 g/mol. The van der Waals surface area contributed by atoms with Gasteiger partial charge in [0.1, 0.15) is 13.2 Å². The molecule has 54 heavy (non-hydrogen) atoms. The third-order valence-electron chi connectivity index (χ3n) is 9.35. The molecule has 0 aromatic heterocycles. The van der Waals surface area contributed by atoms with E-state index in [1.807, 2.05) is 36.5 Å². The Morgan fingerprint density at radius 1 is 0.389 bits per heavy atom. The highest BCUT2D eigenvalue weighted by Gasteiger charge is 2.19. The lowest BCUT2D eigenvalue weighted by Crippen LogP contribution is -2.30. The van der Waals surface area contributed by atoms with Crippen LogP contribution in [0.25, 0.3) is 0 Å². The van der Waals surface area contributed by atoms with Gasteiger partial charge in [-0.05, 0) is 64.2 Å². The molecular weight excluding hydrogens is 673 g/mol. The zero-order valence-electron chi connectivity index (χ0n) is 35.2. The first-order valence-electron chi connectivity index (χ1n) is 22.3. The standard InChI is InChI=1S/C48H82O6/c1-4-7-10-13-16-19-22-24-27-29-32-35-38-41-47(50)53-44-45(43-52-46(49)40-37-34-31-28-25-21-18-15-12-9-6-3)54-48(51)42-39-36-33-30-26-23-20-17-14-11-8-5-2/h7,10,13,16-17,19-20,22,24,27,45H,4-6,8-9,11-12,14-15,18,21,23,25-26,28-44H2,1-3H3/b10-7-,16-13-,20-17-,22-19-,27-24-. The minimum absolute atomic E-state index is 0.0894. The van der Waals surface area contributed by atoms with Gasteiger partial charge < -0.3 is 14.2 Å². The minimum atomic E-state index is -0.789. The summed E-state index contributed by atoms with van der Waals surface area (Å²) >= 11 is 0. The van der Waals surface area contributed by atoms with Crippen LogP contribution in [0.2, 0.25) is 0 Å². The van der Waals surface area contributed by atoms with Crippen LogP contribution in [0.3, 0.4) is 0 Å². The Bertz CT molecular complexity index is 1010. The number of ether oxygens (including phenoxy) is 3. The summed E-state index contributed by atoms with van der Waals surface area (Å²) in [6.07, 6.45) is 50.6. The van der Waals surface area contributed by atoms with E-state index >= 15 is 0 Å². The largest absolute Gasteiger partial charge is 0.462 e. The number of hydrogen-bond donors (Lipinski definition) is 0. The minimum Gasteiger partial charge on any atom is -0.462 e. The lowest BCUT2D eigenvalue weighted by molar-refractivity contribution is -0.167. The van der Waals surface area contributed by atoms with Crippen molar-refractivity contribution in [2.45, 2.75) is 213 Å². The second-order valence-electron chi connectivity index (χ2n) is 14.7. The summed E-state index contributed by atoms with van der Waals surface area (Å²) in [5.74, 6) is -0.944. The first-order chi connectivity index (χ1) is 26.5. The maximum Gasteiger partial charge on any atom is 0.306 e. The highest BCUT2D eigenvalue weighted by Crippen LogP contribution is 2.14. The normalized spacial score (nSPS) is 12.6. The average Bonchev–Trinajstić information content (AvgIpc) is 3.17. The third kappa shape index (κ3) is 40.3. The summed E-state index contributed by atoms with van der Waals surface area (Å²) in [6.45, 7) is 6.40. The Balaban J connectivity index is 4.46. The highest BCUT2D eigenvalue weighted by atomic mass is 16.6. The van der Waals surface area contributed by atoms with Gasteiger partial charge in [-0.15, -0.1) is 0 Å². The van der Waals surface area contributed by atoms with Gasteiger partial charge in [0, 0.05) is 19.3 Å². The van der Waals surface area contributed by atoms with Crippen molar-refractivity contribution < 1.29 is 28.6 Å². The van der Waals surface area contributed by atoms with Crippen LogP contribution < -0.4 is 0 Å². The zero-order valence-corrected chi connectivity index (χ0v) is 35.2. The van der Waals surface area contributed by atoms with Gasteiger partial charge >= 0.3 is 17.9 Å². The van der Waals surface area contributed by atoms with Gasteiger partial charge in [0.25, 0.3) is 0 Å². The van der Waals surface area contributed by atoms with Crippen LogP contribution in [0.1, 0.15) is 207 Å². The molecule has 0 aliphatic rings. The van der Waals surface area contributed by atoms with Crippen molar-refractivity contribution in [1.29, 1.82) is 0 Å². The molecule has 0 radical (unpaired) electrons. The van der Waals surface area contributed by atoms with Crippen molar-refractivity contribution in [3.8, 4) is 0 Å². The van der Waals surface area contributed by atoms with Crippen LogP contribution in [0.15, 0.2) is 60.8 Å². The fourth-order valence-electron chi connectivity index (χ4n) is 5.97. The maximum atomic E-state index is 12.7. The Kier molecular flexibility index (Phi) is 40.6. The van der Waals surface area contributed by atoms with Crippen molar-refractivity contribution in [2.75, 3.05) is 13.2 Å². The van der Waals surface area contributed by atoms with E-state index in [4.69, 9.17) is 14.2 Å². The van der Waals surface area contributed by atoms with Gasteiger partial charge in [-0.1, -0.05) is 184 Å². The first kappa shape index (κ1) is 51.1. The Hall–Kier alpha value is -2.89. The number of esters is 3. The fraction of sp³-hybridized carbons (Fsp3) is 0.729. The summed E-state index contributed by atoms with van der Waals surface area (Å²) < 4.78 is 16.6. The molecule has 0 saturated carbocycles. The predicted molar refractivity (Wildman–Crippen MR) is 228 cm³/mol. The lowest BCUT2D eigenvalue weighted by Gasteiger charge is -2.18. The molecule has 0 aromatic carbocycles. The van der Waals surface area contributed by atoms with Crippen LogP contribution in [0.4, 0.5) is 0 Å². The molecule has 0 aliphatic heterocycles. The molecule has 0 spiro atoms. The van der Waals surface area contributed by atoms with Crippen LogP contribution in [-0.4, -0.2) is 37.2 Å². The molecule has 6 nitrogen and oxygen atoms in total. The van der Waals surface area contributed by atoms with E-state index in [1.165, 1.54) is 83.5 Å². The highest BCUT2D eigenvalue weighted by molar-refractivity contribution is 5.71. The van der Waals surface area contributed by atoms with E-state index in [1.54, 1.807) is 0 Å². The summed E-state index contributed by atoms with van der Waals surface area (Å²) in [5, 5.41) is 0. The molecular formula is C48H82O6. The molecule has 1 unspecified atom stereocenters. The second-order valence-corrected chi connectivity index (χ2v) is 14.7. The molecule has 0 amide bonds. The molecule has 0 aliphatic carbocycles. The smallest absolute Gasteiger partial charge is 0.306 e. The number of unbranched alkanes of at least 4 members (excludes halogenated alkanes) is 21. The third-order valence-corrected chi connectivity index (χ3v) is 9.35. The SMILES string of the molecule is CC\C=C/C=C\C=C/C=C\CCCCCC(=O)OCC(COC(=O)CCCCCCCCCCCCC)OC(=O)CCCCCCC/C=C\CCCCC. The van der Waals surface area contributed by atoms with E-state index in [9.17, 15) is 14.4 Å². The van der Waals surface area contributed by atoms with Gasteiger partial charge in [0.2, 0.25) is 0 Å². The summed E-state index contributed by atoms with van der Waals surface area (Å²) in [6, 6.07) is 0. The number of hydrogen-bond acceptors (Lipinski definition) is 6. The van der Waals surface area contributed by atoms with Gasteiger partial charge in [0.15, 0.2) is 6.10 Å². The van der Waals surface area contributed by atoms with E-state index in [-0.39, 0.29) is 31.1 Å². The second kappa shape index (κ2) is 42.8. The Morgan fingerprint density at radius 2 is 0.741 bits per heavy atom. The van der Waals surface area contributed by atoms with E-state index in [0.29, 0.717) is 19.3 Å².